The zero-order valence-electron chi connectivity index (χ0n) is 21.5. The number of ether oxygens (including phenoxy) is 2. The molecule has 1 fully saturated rings. The minimum atomic E-state index is -0.930. The Hall–Kier alpha value is -4.13. The molecule has 4 rings (SSSR count). The van der Waals surface area contributed by atoms with Crippen molar-refractivity contribution in [1.29, 1.82) is 0 Å². The topological polar surface area (TPSA) is 76.1 Å². The molecule has 1 aliphatic rings. The molecule has 7 heteroatoms. The Morgan fingerprint density at radius 1 is 1.00 bits per heavy atom. The summed E-state index contributed by atoms with van der Waals surface area (Å²) in [5, 5.41) is 11.5. The number of methoxy groups -OCH3 is 1. The van der Waals surface area contributed by atoms with Gasteiger partial charge in [0.05, 0.1) is 25.3 Å². The zero-order valence-corrected chi connectivity index (χ0v) is 21.5. The zero-order chi connectivity index (χ0) is 26.9. The predicted octanol–water partition coefficient (Wildman–Crippen LogP) is 6.16. The summed E-state index contributed by atoms with van der Waals surface area (Å²) in [4.78, 5) is 28.0. The second-order valence-electron chi connectivity index (χ2n) is 9.81. The number of nitrogens with zero attached hydrogens (tertiary/aromatic N) is 1. The molecule has 0 radical (unpaired) electrons. The number of anilines is 1. The van der Waals surface area contributed by atoms with Crippen LogP contribution in [0.2, 0.25) is 0 Å². The first kappa shape index (κ1) is 25.9. The quantitative estimate of drug-likeness (QED) is 0.248. The standard InChI is InChI=1S/C30H30FNO5/c1-6-37-24-16-9-19(17-23(24)30(2,3)4)27(33)25-26(18-7-14-22(36-5)15-8-18)32(29(35)28(25)34)21-12-10-20(31)11-13-21/h7-17,26,33H,6H2,1-5H3/b27-25-. The second-order valence-corrected chi connectivity index (χ2v) is 9.81. The first-order chi connectivity index (χ1) is 17.6. The van der Waals surface area contributed by atoms with Crippen molar-refractivity contribution in [3.63, 3.8) is 0 Å². The number of carbonyl (C=O) groups is 2. The minimum Gasteiger partial charge on any atom is -0.507 e. The Balaban J connectivity index is 1.93. The van der Waals surface area contributed by atoms with E-state index in [0.29, 0.717) is 34.9 Å². The molecule has 0 aromatic heterocycles. The largest absolute Gasteiger partial charge is 0.507 e. The number of Topliss-reactive ketones (excluding diaryl/α,β-unsaturated/α-hetero) is 1. The number of benzene rings is 3. The highest BCUT2D eigenvalue weighted by Crippen LogP contribution is 2.43. The molecule has 6 nitrogen and oxygen atoms in total. The van der Waals surface area contributed by atoms with Crippen molar-refractivity contribution < 1.29 is 28.6 Å². The molecule has 1 saturated heterocycles. The van der Waals surface area contributed by atoms with E-state index in [2.05, 4.69) is 0 Å². The average molecular weight is 504 g/mol. The normalized spacial score (nSPS) is 17.2. The molecule has 3 aromatic rings. The molecule has 1 N–H and O–H groups in total. The van der Waals surface area contributed by atoms with E-state index in [1.54, 1.807) is 49.6 Å². The Kier molecular flexibility index (Phi) is 7.07. The van der Waals surface area contributed by atoms with E-state index in [0.717, 1.165) is 5.56 Å². The van der Waals surface area contributed by atoms with Crippen LogP contribution < -0.4 is 14.4 Å². The summed E-state index contributed by atoms with van der Waals surface area (Å²) in [6, 6.07) is 16.5. The van der Waals surface area contributed by atoms with E-state index < -0.39 is 23.5 Å². The van der Waals surface area contributed by atoms with Crippen LogP contribution >= 0.6 is 0 Å². The van der Waals surface area contributed by atoms with Gasteiger partial charge in [0.15, 0.2) is 0 Å². The summed E-state index contributed by atoms with van der Waals surface area (Å²) in [7, 11) is 1.54. The summed E-state index contributed by atoms with van der Waals surface area (Å²) in [6.45, 7) is 8.46. The van der Waals surface area contributed by atoms with Gasteiger partial charge in [-0.2, -0.15) is 0 Å². The first-order valence-corrected chi connectivity index (χ1v) is 12.0. The molecule has 1 aliphatic heterocycles. The van der Waals surface area contributed by atoms with Crippen LogP contribution in [0.4, 0.5) is 10.1 Å². The van der Waals surface area contributed by atoms with Gasteiger partial charge < -0.3 is 14.6 Å². The monoisotopic (exact) mass is 503 g/mol. The van der Waals surface area contributed by atoms with Crippen molar-refractivity contribution in [2.24, 2.45) is 0 Å². The summed E-state index contributed by atoms with van der Waals surface area (Å²) in [5.41, 5.74) is 1.81. The number of rotatable bonds is 6. The van der Waals surface area contributed by atoms with Gasteiger partial charge in [-0.3, -0.25) is 14.5 Å². The van der Waals surface area contributed by atoms with Gasteiger partial charge in [-0.1, -0.05) is 32.9 Å². The van der Waals surface area contributed by atoms with Gasteiger partial charge in [-0.25, -0.2) is 4.39 Å². The number of ketones is 1. The number of hydrogen-bond acceptors (Lipinski definition) is 5. The van der Waals surface area contributed by atoms with E-state index in [9.17, 15) is 19.1 Å². The molecule has 1 atom stereocenters. The number of aliphatic hydroxyl groups excluding tert-OH is 1. The van der Waals surface area contributed by atoms with Gasteiger partial charge in [-0.15, -0.1) is 0 Å². The lowest BCUT2D eigenvalue weighted by Gasteiger charge is -2.26. The number of hydrogen-bond donors (Lipinski definition) is 1. The third-order valence-electron chi connectivity index (χ3n) is 6.34. The smallest absolute Gasteiger partial charge is 0.300 e. The maximum Gasteiger partial charge on any atom is 0.300 e. The van der Waals surface area contributed by atoms with Gasteiger partial charge >= 0.3 is 0 Å². The summed E-state index contributed by atoms with van der Waals surface area (Å²) in [6.07, 6.45) is 0. The maximum atomic E-state index is 13.7. The Labute approximate surface area is 215 Å². The van der Waals surface area contributed by atoms with Crippen LogP contribution in [0.15, 0.2) is 72.3 Å². The average Bonchev–Trinajstić information content (AvgIpc) is 3.14. The first-order valence-electron chi connectivity index (χ1n) is 12.0. The maximum absolute atomic E-state index is 13.7. The Morgan fingerprint density at radius 2 is 1.65 bits per heavy atom. The third kappa shape index (κ3) is 4.94. The summed E-state index contributed by atoms with van der Waals surface area (Å²) < 4.78 is 24.7. The van der Waals surface area contributed by atoms with Gasteiger partial charge in [0.1, 0.15) is 23.1 Å². The van der Waals surface area contributed by atoms with Crippen LogP contribution in [0, 0.1) is 5.82 Å². The van der Waals surface area contributed by atoms with Crippen LogP contribution in [0.5, 0.6) is 11.5 Å². The van der Waals surface area contributed by atoms with E-state index in [1.165, 1.54) is 29.2 Å². The fourth-order valence-corrected chi connectivity index (χ4v) is 4.50. The van der Waals surface area contributed by atoms with Crippen molar-refractivity contribution in [2.75, 3.05) is 18.6 Å². The lowest BCUT2D eigenvalue weighted by Crippen LogP contribution is -2.29. The molecular weight excluding hydrogens is 473 g/mol. The molecule has 1 heterocycles. The van der Waals surface area contributed by atoms with E-state index in [-0.39, 0.29) is 16.7 Å². The molecule has 0 bridgehead atoms. The number of amides is 1. The molecule has 0 aliphatic carbocycles. The summed E-state index contributed by atoms with van der Waals surface area (Å²) in [5.74, 6) is -1.11. The molecule has 192 valence electrons. The van der Waals surface area contributed by atoms with Gasteiger partial charge in [-0.05, 0) is 72.5 Å². The minimum absolute atomic E-state index is 0.0523. The Morgan fingerprint density at radius 3 is 2.22 bits per heavy atom. The lowest BCUT2D eigenvalue weighted by atomic mass is 9.84. The molecule has 3 aromatic carbocycles. The highest BCUT2D eigenvalue weighted by molar-refractivity contribution is 6.51. The third-order valence-corrected chi connectivity index (χ3v) is 6.34. The molecular formula is C30H30FNO5. The van der Waals surface area contributed by atoms with Crippen molar-refractivity contribution in [3.8, 4) is 11.5 Å². The SMILES string of the molecule is CCOc1ccc(/C(O)=C2/C(=O)C(=O)N(c3ccc(F)cc3)C2c2ccc(OC)cc2)cc1C(C)(C)C. The van der Waals surface area contributed by atoms with E-state index in [4.69, 9.17) is 9.47 Å². The van der Waals surface area contributed by atoms with Crippen molar-refractivity contribution >= 4 is 23.1 Å². The Bertz CT molecular complexity index is 1350. The van der Waals surface area contributed by atoms with E-state index in [1.807, 2.05) is 27.7 Å². The van der Waals surface area contributed by atoms with Crippen LogP contribution in [0.1, 0.15) is 50.4 Å². The fraction of sp³-hybridized carbons (Fsp3) is 0.267. The van der Waals surface area contributed by atoms with Crippen molar-refractivity contribution in [1.82, 2.24) is 0 Å². The van der Waals surface area contributed by atoms with Gasteiger partial charge in [0.2, 0.25) is 0 Å². The second kappa shape index (κ2) is 10.1. The highest BCUT2D eigenvalue weighted by atomic mass is 19.1. The lowest BCUT2D eigenvalue weighted by molar-refractivity contribution is -0.132. The molecule has 1 amide bonds. The van der Waals surface area contributed by atoms with Crippen LogP contribution in [-0.2, 0) is 15.0 Å². The van der Waals surface area contributed by atoms with Crippen LogP contribution in [0.25, 0.3) is 5.76 Å². The highest BCUT2D eigenvalue weighted by Gasteiger charge is 2.47. The van der Waals surface area contributed by atoms with Crippen molar-refractivity contribution in [3.05, 3.63) is 94.8 Å². The molecule has 37 heavy (non-hydrogen) atoms. The van der Waals surface area contributed by atoms with Crippen LogP contribution in [0.3, 0.4) is 0 Å². The van der Waals surface area contributed by atoms with E-state index >= 15 is 0 Å². The van der Waals surface area contributed by atoms with Gasteiger partial charge in [0.25, 0.3) is 11.7 Å². The predicted molar refractivity (Wildman–Crippen MR) is 140 cm³/mol. The van der Waals surface area contributed by atoms with Crippen molar-refractivity contribution in [2.45, 2.75) is 39.2 Å². The summed E-state index contributed by atoms with van der Waals surface area (Å²) >= 11 is 0. The number of carbonyl (C=O) groups excluding carboxylic acids is 2. The number of aliphatic hydroxyl groups is 1. The van der Waals surface area contributed by atoms with Gasteiger partial charge in [0, 0.05) is 16.8 Å². The molecule has 0 spiro atoms. The van der Waals surface area contributed by atoms with Crippen LogP contribution in [-0.4, -0.2) is 30.5 Å². The fourth-order valence-electron chi connectivity index (χ4n) is 4.50. The molecule has 0 saturated carbocycles. The molecule has 1 unspecified atom stereocenters. The number of halogens is 1.